The normalized spacial score (nSPS) is 10.8. The van der Waals surface area contributed by atoms with Gasteiger partial charge in [-0.1, -0.05) is 6.07 Å². The number of methoxy groups -OCH3 is 1. The van der Waals surface area contributed by atoms with Crippen molar-refractivity contribution in [2.75, 3.05) is 7.11 Å². The molecule has 0 saturated heterocycles. The Bertz CT molecular complexity index is 564. The van der Waals surface area contributed by atoms with Gasteiger partial charge in [0.25, 0.3) is 0 Å². The molecule has 0 spiro atoms. The van der Waals surface area contributed by atoms with Gasteiger partial charge in [0, 0.05) is 6.04 Å². The third-order valence-electron chi connectivity index (χ3n) is 3.09. The summed E-state index contributed by atoms with van der Waals surface area (Å²) >= 11 is 0. The van der Waals surface area contributed by atoms with Gasteiger partial charge in [-0.25, -0.2) is 4.98 Å². The van der Waals surface area contributed by atoms with Crippen molar-refractivity contribution in [1.29, 1.82) is 0 Å². The Hall–Kier alpha value is -2.01. The number of ether oxygens (including phenoxy) is 2. The van der Waals surface area contributed by atoms with Crippen molar-refractivity contribution in [2.24, 2.45) is 0 Å². The maximum Gasteiger partial charge on any atom is 0.161 e. The Morgan fingerprint density at radius 2 is 2.10 bits per heavy atom. The maximum absolute atomic E-state index is 9.12. The van der Waals surface area contributed by atoms with E-state index in [-0.39, 0.29) is 6.61 Å². The van der Waals surface area contributed by atoms with Crippen LogP contribution in [0.3, 0.4) is 0 Å². The van der Waals surface area contributed by atoms with Gasteiger partial charge in [-0.2, -0.15) is 0 Å². The van der Waals surface area contributed by atoms with E-state index in [1.165, 1.54) is 0 Å². The molecule has 0 saturated carbocycles. The number of rotatable bonds is 6. The zero-order chi connectivity index (χ0) is 14.5. The van der Waals surface area contributed by atoms with Crippen LogP contribution in [0.15, 0.2) is 30.7 Å². The molecule has 0 aliphatic carbocycles. The minimum atomic E-state index is -0.0171. The van der Waals surface area contributed by atoms with Gasteiger partial charge in [0.05, 0.1) is 31.9 Å². The minimum absolute atomic E-state index is 0.0171. The highest BCUT2D eigenvalue weighted by atomic mass is 16.5. The van der Waals surface area contributed by atoms with Crippen LogP contribution in [0.2, 0.25) is 0 Å². The Morgan fingerprint density at radius 1 is 1.30 bits per heavy atom. The zero-order valence-electron chi connectivity index (χ0n) is 12.0. The van der Waals surface area contributed by atoms with Crippen molar-refractivity contribution in [2.45, 2.75) is 33.1 Å². The molecule has 0 atom stereocenters. The molecule has 0 aliphatic rings. The van der Waals surface area contributed by atoms with E-state index < -0.39 is 0 Å². The van der Waals surface area contributed by atoms with Gasteiger partial charge in [0.2, 0.25) is 0 Å². The number of nitrogens with zero attached hydrogens (tertiary/aromatic N) is 2. The van der Waals surface area contributed by atoms with Crippen LogP contribution >= 0.6 is 0 Å². The Kier molecular flexibility index (Phi) is 4.63. The van der Waals surface area contributed by atoms with Crippen LogP contribution in [-0.2, 0) is 13.2 Å². The average Bonchev–Trinajstić information content (AvgIpc) is 2.93. The van der Waals surface area contributed by atoms with Crippen molar-refractivity contribution in [3.63, 3.8) is 0 Å². The number of hydrogen-bond acceptors (Lipinski definition) is 4. The first-order chi connectivity index (χ1) is 9.65. The fourth-order valence-electron chi connectivity index (χ4n) is 1.99. The number of imidazole rings is 1. The highest BCUT2D eigenvalue weighted by Crippen LogP contribution is 2.29. The molecule has 2 aromatic rings. The lowest BCUT2D eigenvalue weighted by Crippen LogP contribution is -2.07. The number of hydrogen-bond donors (Lipinski definition) is 1. The van der Waals surface area contributed by atoms with Crippen molar-refractivity contribution in [1.82, 2.24) is 9.55 Å². The summed E-state index contributed by atoms with van der Waals surface area (Å²) in [7, 11) is 1.59. The second kappa shape index (κ2) is 6.43. The average molecular weight is 276 g/mol. The van der Waals surface area contributed by atoms with Gasteiger partial charge in [-0.3, -0.25) is 0 Å². The summed E-state index contributed by atoms with van der Waals surface area (Å²) in [6, 6.07) is 5.74. The van der Waals surface area contributed by atoms with E-state index in [1.807, 2.05) is 6.07 Å². The van der Waals surface area contributed by atoms with E-state index in [4.69, 9.17) is 14.6 Å². The number of aromatic nitrogens is 2. The molecule has 1 heterocycles. The molecular formula is C15H20N2O3. The first-order valence-corrected chi connectivity index (χ1v) is 6.57. The largest absolute Gasteiger partial charge is 0.493 e. The van der Waals surface area contributed by atoms with Gasteiger partial charge >= 0.3 is 0 Å². The number of benzene rings is 1. The molecule has 0 radical (unpaired) electrons. The van der Waals surface area contributed by atoms with Crippen LogP contribution in [0.1, 0.15) is 31.1 Å². The molecule has 2 rings (SSSR count). The Morgan fingerprint density at radius 3 is 2.75 bits per heavy atom. The van der Waals surface area contributed by atoms with E-state index >= 15 is 0 Å². The first-order valence-electron chi connectivity index (χ1n) is 6.57. The summed E-state index contributed by atoms with van der Waals surface area (Å²) in [5.41, 5.74) is 1.80. The minimum Gasteiger partial charge on any atom is -0.493 e. The lowest BCUT2D eigenvalue weighted by molar-refractivity contribution is 0.268. The van der Waals surface area contributed by atoms with Crippen LogP contribution in [0.25, 0.3) is 0 Å². The molecule has 0 bridgehead atoms. The van der Waals surface area contributed by atoms with Gasteiger partial charge in [0.15, 0.2) is 11.5 Å². The molecule has 0 fully saturated rings. The fourth-order valence-corrected chi connectivity index (χ4v) is 1.99. The monoisotopic (exact) mass is 276 g/mol. The van der Waals surface area contributed by atoms with Crippen molar-refractivity contribution >= 4 is 0 Å². The number of aliphatic hydroxyl groups is 1. The van der Waals surface area contributed by atoms with Crippen molar-refractivity contribution in [3.05, 3.63) is 42.0 Å². The van der Waals surface area contributed by atoms with E-state index in [1.54, 1.807) is 31.8 Å². The van der Waals surface area contributed by atoms with Crippen LogP contribution in [0.5, 0.6) is 11.5 Å². The number of aliphatic hydroxyl groups excluding tert-OH is 1. The predicted octanol–water partition coefficient (Wildman–Crippen LogP) is 2.54. The summed E-state index contributed by atoms with van der Waals surface area (Å²) in [5.74, 6) is 1.27. The molecule has 0 unspecified atom stereocenters. The van der Waals surface area contributed by atoms with Gasteiger partial charge in [-0.05, 0) is 31.5 Å². The van der Waals surface area contributed by atoms with Crippen molar-refractivity contribution in [3.8, 4) is 11.5 Å². The van der Waals surface area contributed by atoms with Crippen LogP contribution in [0.4, 0.5) is 0 Å². The van der Waals surface area contributed by atoms with E-state index in [2.05, 4.69) is 23.4 Å². The molecule has 5 nitrogen and oxygen atoms in total. The summed E-state index contributed by atoms with van der Waals surface area (Å²) in [4.78, 5) is 4.14. The second-order valence-electron chi connectivity index (χ2n) is 4.82. The summed E-state index contributed by atoms with van der Waals surface area (Å²) < 4.78 is 13.1. The predicted molar refractivity (Wildman–Crippen MR) is 75.9 cm³/mol. The van der Waals surface area contributed by atoms with Gasteiger partial charge in [-0.15, -0.1) is 0 Å². The van der Waals surface area contributed by atoms with E-state index in [9.17, 15) is 0 Å². The Labute approximate surface area is 118 Å². The molecule has 1 aromatic heterocycles. The molecule has 1 N–H and O–H groups in total. The highest BCUT2D eigenvalue weighted by molar-refractivity contribution is 5.42. The van der Waals surface area contributed by atoms with E-state index in [0.717, 1.165) is 11.3 Å². The summed E-state index contributed by atoms with van der Waals surface area (Å²) in [6.45, 7) is 4.60. The third kappa shape index (κ3) is 3.11. The SMILES string of the molecule is COc1cc(CO)ccc1OCc1cncn1C(C)C. The van der Waals surface area contributed by atoms with Gasteiger partial charge < -0.3 is 19.1 Å². The molecule has 0 amide bonds. The smallest absolute Gasteiger partial charge is 0.161 e. The second-order valence-corrected chi connectivity index (χ2v) is 4.82. The van der Waals surface area contributed by atoms with Gasteiger partial charge in [0.1, 0.15) is 6.61 Å². The lowest BCUT2D eigenvalue weighted by atomic mass is 10.2. The topological polar surface area (TPSA) is 56.5 Å². The molecule has 5 heteroatoms. The standard InChI is InChI=1S/C15H20N2O3/c1-11(2)17-10-16-7-13(17)9-20-14-5-4-12(8-18)6-15(14)19-3/h4-7,10-11,18H,8-9H2,1-3H3. The fraction of sp³-hybridized carbons (Fsp3) is 0.400. The molecular weight excluding hydrogens is 256 g/mol. The molecule has 0 aliphatic heterocycles. The summed E-state index contributed by atoms with van der Waals surface area (Å²) in [6.07, 6.45) is 3.60. The molecule has 1 aromatic carbocycles. The van der Waals surface area contributed by atoms with Crippen molar-refractivity contribution < 1.29 is 14.6 Å². The zero-order valence-corrected chi connectivity index (χ0v) is 12.0. The molecule has 20 heavy (non-hydrogen) atoms. The van der Waals surface area contributed by atoms with Crippen LogP contribution in [-0.4, -0.2) is 21.8 Å². The summed E-state index contributed by atoms with van der Waals surface area (Å²) in [5, 5.41) is 9.12. The Balaban J connectivity index is 2.12. The highest BCUT2D eigenvalue weighted by Gasteiger charge is 2.09. The lowest BCUT2D eigenvalue weighted by Gasteiger charge is -2.14. The maximum atomic E-state index is 9.12. The first kappa shape index (κ1) is 14.4. The molecule has 108 valence electrons. The quantitative estimate of drug-likeness (QED) is 0.881. The van der Waals surface area contributed by atoms with Crippen LogP contribution < -0.4 is 9.47 Å². The van der Waals surface area contributed by atoms with E-state index in [0.29, 0.717) is 24.1 Å². The van der Waals surface area contributed by atoms with Crippen LogP contribution in [0, 0.1) is 0 Å². The third-order valence-corrected chi connectivity index (χ3v) is 3.09.